The number of rotatable bonds is 2. The van der Waals surface area contributed by atoms with Gasteiger partial charge in [0.15, 0.2) is 12.1 Å². The van der Waals surface area contributed by atoms with Crippen LogP contribution in [0, 0.1) is 11.3 Å². The Hall–Kier alpha value is -0.970. The van der Waals surface area contributed by atoms with Crippen molar-refractivity contribution in [2.24, 2.45) is 11.3 Å². The van der Waals surface area contributed by atoms with Crippen molar-refractivity contribution in [1.82, 2.24) is 0 Å². The van der Waals surface area contributed by atoms with Crippen molar-refractivity contribution in [1.29, 1.82) is 0 Å². The molecule has 1 aliphatic heterocycles. The fourth-order valence-corrected chi connectivity index (χ4v) is 3.56. The number of fused-ring (bicyclic) bond motifs is 1. The van der Waals surface area contributed by atoms with E-state index < -0.39 is 12.2 Å². The summed E-state index contributed by atoms with van der Waals surface area (Å²) in [5, 5.41) is 10.1. The Morgan fingerprint density at radius 3 is 2.95 bits per heavy atom. The van der Waals surface area contributed by atoms with Gasteiger partial charge >= 0.3 is 0 Å². The molecular formula is C17H24O4. The van der Waals surface area contributed by atoms with Crippen molar-refractivity contribution in [2.75, 3.05) is 6.61 Å². The highest BCUT2D eigenvalue weighted by Gasteiger charge is 2.46. The lowest BCUT2D eigenvalue weighted by Crippen LogP contribution is -2.46. The number of aliphatic hydroxyl groups is 1. The van der Waals surface area contributed by atoms with Gasteiger partial charge in [0.2, 0.25) is 0 Å². The first kappa shape index (κ1) is 14.9. The zero-order valence-electron chi connectivity index (χ0n) is 12.7. The minimum atomic E-state index is -0.466. The third-order valence-corrected chi connectivity index (χ3v) is 5.33. The van der Waals surface area contributed by atoms with Crippen LogP contribution >= 0.6 is 0 Å². The highest BCUT2D eigenvalue weighted by molar-refractivity contribution is 5.96. The van der Waals surface area contributed by atoms with Crippen molar-refractivity contribution in [3.8, 4) is 0 Å². The second-order valence-electron chi connectivity index (χ2n) is 6.68. The first-order valence-electron chi connectivity index (χ1n) is 7.90. The van der Waals surface area contributed by atoms with Gasteiger partial charge in [-0.3, -0.25) is 4.79 Å². The molecular weight excluding hydrogens is 268 g/mol. The summed E-state index contributed by atoms with van der Waals surface area (Å²) in [6.07, 6.45) is 7.79. The van der Waals surface area contributed by atoms with Crippen LogP contribution in [0.3, 0.4) is 0 Å². The molecule has 3 rings (SSSR count). The summed E-state index contributed by atoms with van der Waals surface area (Å²) in [6.45, 7) is 4.86. The summed E-state index contributed by atoms with van der Waals surface area (Å²) in [5.41, 5.74) is 0.788. The van der Waals surface area contributed by atoms with E-state index in [-0.39, 0.29) is 23.4 Å². The van der Waals surface area contributed by atoms with E-state index in [0.717, 1.165) is 24.8 Å². The molecule has 4 nitrogen and oxygen atoms in total. The van der Waals surface area contributed by atoms with Gasteiger partial charge in [-0.2, -0.15) is 0 Å². The lowest BCUT2D eigenvalue weighted by Gasteiger charge is -2.46. The molecule has 3 aliphatic rings. The van der Waals surface area contributed by atoms with Crippen LogP contribution in [0.2, 0.25) is 0 Å². The molecule has 0 amide bonds. The van der Waals surface area contributed by atoms with Crippen LogP contribution in [-0.2, 0) is 14.3 Å². The molecule has 0 aromatic rings. The average molecular weight is 292 g/mol. The Morgan fingerprint density at radius 1 is 1.43 bits per heavy atom. The lowest BCUT2D eigenvalue weighted by molar-refractivity contribution is -0.196. The molecule has 0 aromatic heterocycles. The van der Waals surface area contributed by atoms with Gasteiger partial charge in [0.05, 0.1) is 6.10 Å². The van der Waals surface area contributed by atoms with Crippen LogP contribution in [0.5, 0.6) is 0 Å². The largest absolute Gasteiger partial charge is 0.389 e. The number of aliphatic hydroxyl groups excluding tert-OH is 1. The van der Waals surface area contributed by atoms with Crippen LogP contribution in [-0.4, -0.2) is 36.0 Å². The Labute approximate surface area is 125 Å². The second kappa shape index (κ2) is 5.67. The van der Waals surface area contributed by atoms with Crippen LogP contribution < -0.4 is 0 Å². The maximum absolute atomic E-state index is 12.3. The standard InChI is InChI=1S/C17H24O4/c1-11-13(18)7-6-12-9-14(19)15(10-17(11,12)2)21-16-5-3-4-8-20-16/h6-7,9,11,13,15-16,18H,3-5,8,10H2,1-2H3/t11-,13-,15+,16?,17+/m0/s1. The van der Waals surface area contributed by atoms with Crippen molar-refractivity contribution in [3.63, 3.8) is 0 Å². The third-order valence-electron chi connectivity index (χ3n) is 5.33. The van der Waals surface area contributed by atoms with E-state index in [1.807, 2.05) is 13.0 Å². The minimum Gasteiger partial charge on any atom is -0.389 e. The molecule has 116 valence electrons. The summed E-state index contributed by atoms with van der Waals surface area (Å²) in [7, 11) is 0. The number of hydrogen-bond acceptors (Lipinski definition) is 4. The quantitative estimate of drug-likeness (QED) is 0.849. The van der Waals surface area contributed by atoms with E-state index in [4.69, 9.17) is 9.47 Å². The minimum absolute atomic E-state index is 0.0184. The maximum Gasteiger partial charge on any atom is 0.184 e. The highest BCUT2D eigenvalue weighted by Crippen LogP contribution is 2.48. The molecule has 1 N–H and O–H groups in total. The van der Waals surface area contributed by atoms with Gasteiger partial charge in [-0.1, -0.05) is 26.0 Å². The van der Waals surface area contributed by atoms with E-state index in [9.17, 15) is 9.90 Å². The number of carbonyl (C=O) groups is 1. The highest BCUT2D eigenvalue weighted by atomic mass is 16.7. The van der Waals surface area contributed by atoms with E-state index in [1.165, 1.54) is 0 Å². The summed E-state index contributed by atoms with van der Waals surface area (Å²) < 4.78 is 11.5. The fraction of sp³-hybridized carbons (Fsp3) is 0.706. The number of hydrogen-bond donors (Lipinski definition) is 1. The molecule has 1 unspecified atom stereocenters. The molecule has 0 radical (unpaired) electrons. The topological polar surface area (TPSA) is 55.8 Å². The van der Waals surface area contributed by atoms with Crippen molar-refractivity contribution < 1.29 is 19.4 Å². The summed E-state index contributed by atoms with van der Waals surface area (Å²) in [5.74, 6) is 0.0881. The summed E-state index contributed by atoms with van der Waals surface area (Å²) in [4.78, 5) is 12.3. The van der Waals surface area contributed by atoms with Gasteiger partial charge in [0.25, 0.3) is 0 Å². The molecule has 21 heavy (non-hydrogen) atoms. The third kappa shape index (κ3) is 2.72. The average Bonchev–Trinajstić information content (AvgIpc) is 2.48. The normalized spacial score (nSPS) is 43.4. The van der Waals surface area contributed by atoms with E-state index in [1.54, 1.807) is 12.2 Å². The Bertz CT molecular complexity index is 475. The zero-order valence-corrected chi connectivity index (χ0v) is 12.7. The van der Waals surface area contributed by atoms with Crippen LogP contribution in [0.4, 0.5) is 0 Å². The monoisotopic (exact) mass is 292 g/mol. The Kier molecular flexibility index (Phi) is 4.04. The number of allylic oxidation sites excluding steroid dienone is 2. The first-order chi connectivity index (χ1) is 10.0. The lowest BCUT2D eigenvalue weighted by atomic mass is 9.61. The van der Waals surface area contributed by atoms with Crippen molar-refractivity contribution >= 4 is 5.78 Å². The van der Waals surface area contributed by atoms with Crippen LogP contribution in [0.25, 0.3) is 0 Å². The summed E-state index contributed by atoms with van der Waals surface area (Å²) in [6, 6.07) is 0. The van der Waals surface area contributed by atoms with Gasteiger partial charge < -0.3 is 14.6 Å². The molecule has 0 saturated carbocycles. The fourth-order valence-electron chi connectivity index (χ4n) is 3.56. The molecule has 1 fully saturated rings. The SMILES string of the molecule is C[C@H]1[C@@H](O)C=CC2=CC(=O)[C@H](OC3CCCCO3)C[C@@]21C. The molecule has 0 spiro atoms. The van der Waals surface area contributed by atoms with Crippen molar-refractivity contribution in [2.45, 2.75) is 58.0 Å². The van der Waals surface area contributed by atoms with Gasteiger partial charge in [-0.15, -0.1) is 0 Å². The van der Waals surface area contributed by atoms with E-state index >= 15 is 0 Å². The maximum atomic E-state index is 12.3. The van der Waals surface area contributed by atoms with Crippen molar-refractivity contribution in [3.05, 3.63) is 23.8 Å². The van der Waals surface area contributed by atoms with Crippen LogP contribution in [0.15, 0.2) is 23.8 Å². The molecule has 1 saturated heterocycles. The first-order valence-corrected chi connectivity index (χ1v) is 7.90. The van der Waals surface area contributed by atoms with Gasteiger partial charge in [-0.25, -0.2) is 0 Å². The Balaban J connectivity index is 1.78. The van der Waals surface area contributed by atoms with E-state index in [2.05, 4.69) is 6.92 Å². The zero-order chi connectivity index (χ0) is 15.0. The van der Waals surface area contributed by atoms with Gasteiger partial charge in [0.1, 0.15) is 6.10 Å². The molecule has 1 heterocycles. The molecule has 0 bridgehead atoms. The smallest absolute Gasteiger partial charge is 0.184 e. The predicted molar refractivity (Wildman–Crippen MR) is 78.6 cm³/mol. The van der Waals surface area contributed by atoms with Gasteiger partial charge in [0, 0.05) is 12.0 Å². The van der Waals surface area contributed by atoms with Crippen LogP contribution in [0.1, 0.15) is 39.5 Å². The molecule has 5 atom stereocenters. The predicted octanol–water partition coefficient (Wildman–Crippen LogP) is 2.37. The number of ketones is 1. The number of ether oxygens (including phenoxy) is 2. The second-order valence-corrected chi connectivity index (χ2v) is 6.68. The number of carbonyl (C=O) groups excluding carboxylic acids is 1. The molecule has 2 aliphatic carbocycles. The molecule has 0 aromatic carbocycles. The van der Waals surface area contributed by atoms with E-state index in [0.29, 0.717) is 13.0 Å². The Morgan fingerprint density at radius 2 is 2.24 bits per heavy atom. The van der Waals surface area contributed by atoms with Gasteiger partial charge in [-0.05, 0) is 43.3 Å². The molecule has 4 heteroatoms. The summed E-state index contributed by atoms with van der Waals surface area (Å²) >= 11 is 0.